The number of hydrogen-bond donors (Lipinski definition) is 2. The lowest BCUT2D eigenvalue weighted by Gasteiger charge is -2.18. The molecule has 0 aliphatic carbocycles. The second-order valence-corrected chi connectivity index (χ2v) is 3.60. The van der Waals surface area contributed by atoms with E-state index in [9.17, 15) is 9.18 Å². The fraction of sp³-hybridized carbons (Fsp3) is 0.250. The van der Waals surface area contributed by atoms with Crippen LogP contribution in [0, 0.1) is 18.2 Å². The summed E-state index contributed by atoms with van der Waals surface area (Å²) in [6.07, 6.45) is 6.06. The van der Waals surface area contributed by atoms with E-state index in [-0.39, 0.29) is 18.3 Å². The Balaban J connectivity index is 2.32. The smallest absolute Gasteiger partial charge is 0.224 e. The lowest BCUT2D eigenvalue weighted by Crippen LogP contribution is -2.19. The van der Waals surface area contributed by atoms with Gasteiger partial charge in [0.05, 0.1) is 12.2 Å². The van der Waals surface area contributed by atoms with E-state index in [1.165, 1.54) is 6.07 Å². The first-order valence-corrected chi connectivity index (χ1v) is 5.00. The van der Waals surface area contributed by atoms with Crippen molar-refractivity contribution in [2.75, 3.05) is 17.2 Å². The molecule has 0 aromatic heterocycles. The summed E-state index contributed by atoms with van der Waals surface area (Å²) in [5.74, 6) is 1.98. The van der Waals surface area contributed by atoms with Crippen molar-refractivity contribution in [2.24, 2.45) is 0 Å². The molecule has 2 N–H and O–H groups in total. The van der Waals surface area contributed by atoms with Crippen LogP contribution in [0.3, 0.4) is 0 Å². The van der Waals surface area contributed by atoms with Gasteiger partial charge in [0.25, 0.3) is 0 Å². The average molecular weight is 218 g/mol. The van der Waals surface area contributed by atoms with Crippen molar-refractivity contribution >= 4 is 17.3 Å². The minimum Gasteiger partial charge on any atom is -0.372 e. The molecule has 3 nitrogen and oxygen atoms in total. The zero-order valence-electron chi connectivity index (χ0n) is 8.64. The summed E-state index contributed by atoms with van der Waals surface area (Å²) < 4.78 is 13.6. The summed E-state index contributed by atoms with van der Waals surface area (Å²) in [4.78, 5) is 11.2. The van der Waals surface area contributed by atoms with Crippen molar-refractivity contribution in [1.82, 2.24) is 0 Å². The maximum atomic E-state index is 13.6. The molecule has 1 aromatic rings. The van der Waals surface area contributed by atoms with Crippen molar-refractivity contribution in [2.45, 2.75) is 12.8 Å². The second kappa shape index (κ2) is 4.23. The predicted octanol–water partition coefficient (Wildman–Crippen LogP) is 1.76. The summed E-state index contributed by atoms with van der Waals surface area (Å²) >= 11 is 0. The predicted molar refractivity (Wildman–Crippen MR) is 60.7 cm³/mol. The van der Waals surface area contributed by atoms with E-state index in [0.717, 1.165) is 5.56 Å². The molecule has 16 heavy (non-hydrogen) atoms. The molecule has 0 unspecified atom stereocenters. The normalized spacial score (nSPS) is 13.6. The van der Waals surface area contributed by atoms with Gasteiger partial charge in [-0.05, 0) is 24.1 Å². The number of hydrogen-bond acceptors (Lipinski definition) is 2. The Morgan fingerprint density at radius 1 is 1.50 bits per heavy atom. The fourth-order valence-electron chi connectivity index (χ4n) is 1.68. The molecule has 0 radical (unpaired) electrons. The first-order valence-electron chi connectivity index (χ1n) is 5.00. The van der Waals surface area contributed by atoms with Crippen LogP contribution in [0.1, 0.15) is 12.0 Å². The number of benzene rings is 1. The van der Waals surface area contributed by atoms with Crippen LogP contribution in [0.5, 0.6) is 0 Å². The molecule has 1 heterocycles. The Morgan fingerprint density at radius 3 is 3.06 bits per heavy atom. The van der Waals surface area contributed by atoms with Crippen molar-refractivity contribution in [3.05, 3.63) is 23.5 Å². The third-order valence-corrected chi connectivity index (χ3v) is 2.47. The van der Waals surface area contributed by atoms with Crippen LogP contribution in [0.2, 0.25) is 0 Å². The van der Waals surface area contributed by atoms with Crippen molar-refractivity contribution in [1.29, 1.82) is 0 Å². The lowest BCUT2D eigenvalue weighted by molar-refractivity contribution is -0.116. The van der Waals surface area contributed by atoms with E-state index in [1.807, 2.05) is 0 Å². The first-order chi connectivity index (χ1) is 7.70. The highest BCUT2D eigenvalue weighted by Gasteiger charge is 2.17. The number of anilines is 2. The molecule has 0 saturated heterocycles. The number of amides is 1. The molecule has 0 bridgehead atoms. The Hall–Kier alpha value is -2.02. The van der Waals surface area contributed by atoms with Gasteiger partial charge in [-0.1, -0.05) is 5.92 Å². The number of fused-ring (bicyclic) bond motifs is 1. The Morgan fingerprint density at radius 2 is 2.31 bits per heavy atom. The summed E-state index contributed by atoms with van der Waals surface area (Å²) in [6.45, 7) is 0.254. The summed E-state index contributed by atoms with van der Waals surface area (Å²) in [5.41, 5.74) is 1.81. The zero-order chi connectivity index (χ0) is 11.5. The number of carbonyl (C=O) groups is 1. The molecule has 0 atom stereocenters. The Bertz CT molecular complexity index is 477. The molecule has 1 aliphatic heterocycles. The van der Waals surface area contributed by atoms with Crippen LogP contribution < -0.4 is 10.6 Å². The molecule has 2 rings (SSSR count). The number of halogens is 1. The molecule has 4 heteroatoms. The molecule has 0 saturated carbocycles. The van der Waals surface area contributed by atoms with E-state index in [4.69, 9.17) is 6.42 Å². The zero-order valence-corrected chi connectivity index (χ0v) is 8.64. The van der Waals surface area contributed by atoms with E-state index >= 15 is 0 Å². The highest BCUT2D eigenvalue weighted by atomic mass is 19.1. The van der Waals surface area contributed by atoms with E-state index in [1.54, 1.807) is 6.07 Å². The highest BCUT2D eigenvalue weighted by Crippen LogP contribution is 2.28. The molecule has 0 spiro atoms. The topological polar surface area (TPSA) is 41.1 Å². The molecule has 82 valence electrons. The van der Waals surface area contributed by atoms with Gasteiger partial charge in [-0.2, -0.15) is 0 Å². The minimum atomic E-state index is -0.342. The van der Waals surface area contributed by atoms with Gasteiger partial charge in [0.15, 0.2) is 0 Å². The van der Waals surface area contributed by atoms with Crippen LogP contribution in [-0.4, -0.2) is 12.5 Å². The quantitative estimate of drug-likeness (QED) is 0.742. The third kappa shape index (κ3) is 1.98. The summed E-state index contributed by atoms with van der Waals surface area (Å²) in [7, 11) is 0. The number of terminal acetylenes is 1. The largest absolute Gasteiger partial charge is 0.372 e. The standard InChI is InChI=1S/C12H11FN2O/c1-2-5-14-11-7-10-8(6-9(11)13)3-4-12(16)15-10/h1,6-7,14H,3-5H2,(H,15,16). The Kier molecular flexibility index (Phi) is 2.78. The minimum absolute atomic E-state index is 0.0398. The highest BCUT2D eigenvalue weighted by molar-refractivity contribution is 5.94. The van der Waals surface area contributed by atoms with Gasteiger partial charge in [-0.3, -0.25) is 4.79 Å². The monoisotopic (exact) mass is 218 g/mol. The molecule has 1 aliphatic rings. The van der Waals surface area contributed by atoms with Gasteiger partial charge in [0.2, 0.25) is 5.91 Å². The number of rotatable bonds is 2. The summed E-state index contributed by atoms with van der Waals surface area (Å²) in [5, 5.41) is 5.47. The van der Waals surface area contributed by atoms with Gasteiger partial charge in [0, 0.05) is 12.1 Å². The van der Waals surface area contributed by atoms with E-state index < -0.39 is 0 Å². The van der Waals surface area contributed by atoms with E-state index in [2.05, 4.69) is 16.6 Å². The lowest BCUT2D eigenvalue weighted by atomic mass is 10.0. The van der Waals surface area contributed by atoms with E-state index in [0.29, 0.717) is 24.2 Å². The Labute approximate surface area is 93.0 Å². The maximum Gasteiger partial charge on any atom is 0.224 e. The number of nitrogens with one attached hydrogen (secondary N) is 2. The average Bonchev–Trinajstić information content (AvgIpc) is 2.27. The van der Waals surface area contributed by atoms with Crippen LogP contribution in [-0.2, 0) is 11.2 Å². The van der Waals surface area contributed by atoms with Gasteiger partial charge in [-0.25, -0.2) is 4.39 Å². The molecular formula is C12H11FN2O. The molecule has 1 aromatic carbocycles. The second-order valence-electron chi connectivity index (χ2n) is 3.60. The van der Waals surface area contributed by atoms with Gasteiger partial charge >= 0.3 is 0 Å². The number of aryl methyl sites for hydroxylation is 1. The van der Waals surface area contributed by atoms with Crippen LogP contribution in [0.15, 0.2) is 12.1 Å². The van der Waals surface area contributed by atoms with Crippen molar-refractivity contribution < 1.29 is 9.18 Å². The van der Waals surface area contributed by atoms with Crippen molar-refractivity contribution in [3.63, 3.8) is 0 Å². The third-order valence-electron chi connectivity index (χ3n) is 2.47. The first kappa shape index (κ1) is 10.5. The SMILES string of the molecule is C#CCNc1cc2c(cc1F)CCC(=O)N2. The maximum absolute atomic E-state index is 13.6. The molecule has 1 amide bonds. The van der Waals surface area contributed by atoms with Gasteiger partial charge in [0.1, 0.15) is 5.82 Å². The van der Waals surface area contributed by atoms with Crippen LogP contribution in [0.4, 0.5) is 15.8 Å². The molecule has 0 fully saturated rings. The summed E-state index contributed by atoms with van der Waals surface area (Å²) in [6, 6.07) is 3.02. The number of carbonyl (C=O) groups excluding carboxylic acids is 1. The van der Waals surface area contributed by atoms with Crippen LogP contribution in [0.25, 0.3) is 0 Å². The van der Waals surface area contributed by atoms with Crippen LogP contribution >= 0.6 is 0 Å². The van der Waals surface area contributed by atoms with Crippen molar-refractivity contribution in [3.8, 4) is 12.3 Å². The van der Waals surface area contributed by atoms with Gasteiger partial charge in [-0.15, -0.1) is 6.42 Å². The fourth-order valence-corrected chi connectivity index (χ4v) is 1.68. The van der Waals surface area contributed by atoms with Gasteiger partial charge < -0.3 is 10.6 Å². The molecular weight excluding hydrogens is 207 g/mol.